The lowest BCUT2D eigenvalue weighted by molar-refractivity contribution is 0.446. The van der Waals surface area contributed by atoms with Crippen LogP contribution < -0.4 is 5.32 Å². The molecule has 0 aliphatic heterocycles. The molecule has 4 nitrogen and oxygen atoms in total. The zero-order chi connectivity index (χ0) is 11.4. The molecule has 2 aromatic rings. The van der Waals surface area contributed by atoms with E-state index in [1.54, 1.807) is 6.92 Å². The number of nitrogens with zero attached hydrogens (tertiary/aromatic N) is 2. The topological polar surface area (TPSA) is 51.0 Å². The molecule has 16 heavy (non-hydrogen) atoms. The van der Waals surface area contributed by atoms with Crippen molar-refractivity contribution in [2.75, 3.05) is 0 Å². The van der Waals surface area contributed by atoms with Gasteiger partial charge in [-0.2, -0.15) is 0 Å². The molecule has 0 saturated carbocycles. The predicted octanol–water partition coefficient (Wildman–Crippen LogP) is 1.98. The summed E-state index contributed by atoms with van der Waals surface area (Å²) >= 11 is 0. The van der Waals surface area contributed by atoms with Crippen LogP contribution in [0.3, 0.4) is 0 Å². The second-order valence-corrected chi connectivity index (χ2v) is 3.74. The third-order valence-electron chi connectivity index (χ3n) is 2.42. The van der Waals surface area contributed by atoms with E-state index in [9.17, 15) is 0 Å². The van der Waals surface area contributed by atoms with Crippen molar-refractivity contribution in [2.24, 2.45) is 0 Å². The van der Waals surface area contributed by atoms with Gasteiger partial charge in [0, 0.05) is 13.5 Å². The molecular formula is C12H15N3O. The van der Waals surface area contributed by atoms with Gasteiger partial charge in [0.15, 0.2) is 0 Å². The molecule has 1 N–H and O–H groups in total. The third-order valence-corrected chi connectivity index (χ3v) is 2.42. The molecule has 0 amide bonds. The van der Waals surface area contributed by atoms with Gasteiger partial charge in [0.1, 0.15) is 0 Å². The van der Waals surface area contributed by atoms with Crippen molar-refractivity contribution in [3.8, 4) is 0 Å². The lowest BCUT2D eigenvalue weighted by atomic mass is 10.1. The molecule has 0 fully saturated rings. The molecule has 0 atom stereocenters. The second kappa shape index (κ2) is 4.90. The van der Waals surface area contributed by atoms with Crippen LogP contribution in [0.5, 0.6) is 0 Å². The normalized spacial score (nSPS) is 10.6. The molecule has 84 valence electrons. The smallest absolute Gasteiger partial charge is 0.230 e. The van der Waals surface area contributed by atoms with Gasteiger partial charge in [-0.05, 0) is 18.1 Å². The second-order valence-electron chi connectivity index (χ2n) is 3.74. The maximum atomic E-state index is 5.27. The first-order chi connectivity index (χ1) is 7.75. The highest BCUT2D eigenvalue weighted by Crippen LogP contribution is 2.06. The molecule has 2 rings (SSSR count). The van der Waals surface area contributed by atoms with Crippen LogP contribution >= 0.6 is 0 Å². The highest BCUT2D eigenvalue weighted by atomic mass is 16.4. The van der Waals surface area contributed by atoms with Crippen molar-refractivity contribution in [3.63, 3.8) is 0 Å². The first-order valence-electron chi connectivity index (χ1n) is 5.30. The van der Waals surface area contributed by atoms with Crippen LogP contribution in [0.15, 0.2) is 28.7 Å². The average Bonchev–Trinajstić information content (AvgIpc) is 2.67. The summed E-state index contributed by atoms with van der Waals surface area (Å²) in [5.41, 5.74) is 2.58. The molecular weight excluding hydrogens is 202 g/mol. The zero-order valence-electron chi connectivity index (χ0n) is 9.53. The van der Waals surface area contributed by atoms with Crippen LogP contribution in [0.1, 0.15) is 22.9 Å². The fourth-order valence-electron chi connectivity index (χ4n) is 1.52. The fraction of sp³-hybridized carbons (Fsp3) is 0.333. The average molecular weight is 217 g/mol. The maximum absolute atomic E-state index is 5.27. The summed E-state index contributed by atoms with van der Waals surface area (Å²) < 4.78 is 5.27. The van der Waals surface area contributed by atoms with Crippen molar-refractivity contribution in [1.29, 1.82) is 0 Å². The Morgan fingerprint density at radius 3 is 2.62 bits per heavy atom. The van der Waals surface area contributed by atoms with Crippen LogP contribution in [-0.2, 0) is 13.1 Å². The maximum Gasteiger partial charge on any atom is 0.230 e. The van der Waals surface area contributed by atoms with E-state index in [1.165, 1.54) is 11.1 Å². The Bertz CT molecular complexity index is 465. The van der Waals surface area contributed by atoms with Crippen LogP contribution in [0.25, 0.3) is 0 Å². The number of hydrogen-bond acceptors (Lipinski definition) is 4. The summed E-state index contributed by atoms with van der Waals surface area (Å²) in [6.07, 6.45) is 0. The van der Waals surface area contributed by atoms with Crippen molar-refractivity contribution in [3.05, 3.63) is 47.2 Å². The minimum atomic E-state index is 0.604. The molecule has 0 aliphatic carbocycles. The van der Waals surface area contributed by atoms with Gasteiger partial charge in [0.05, 0.1) is 6.54 Å². The van der Waals surface area contributed by atoms with E-state index >= 15 is 0 Å². The van der Waals surface area contributed by atoms with Crippen molar-refractivity contribution >= 4 is 0 Å². The number of hydrogen-bond donors (Lipinski definition) is 1. The van der Waals surface area contributed by atoms with Crippen molar-refractivity contribution < 1.29 is 4.42 Å². The standard InChI is InChI=1S/C12H15N3O/c1-9-5-3-4-6-11(9)7-13-8-12-15-14-10(2)16-12/h3-6,13H,7-8H2,1-2H3. The van der Waals surface area contributed by atoms with E-state index in [0.29, 0.717) is 18.3 Å². The summed E-state index contributed by atoms with van der Waals surface area (Å²) in [5.74, 6) is 1.23. The van der Waals surface area contributed by atoms with E-state index in [1.807, 2.05) is 12.1 Å². The van der Waals surface area contributed by atoms with Crippen LogP contribution in [-0.4, -0.2) is 10.2 Å². The summed E-state index contributed by atoms with van der Waals surface area (Å²) in [6, 6.07) is 8.30. The first kappa shape index (κ1) is 10.8. The van der Waals surface area contributed by atoms with Crippen LogP contribution in [0, 0.1) is 13.8 Å². The molecule has 0 aliphatic rings. The van der Waals surface area contributed by atoms with Crippen molar-refractivity contribution in [2.45, 2.75) is 26.9 Å². The van der Waals surface area contributed by atoms with Gasteiger partial charge in [0.2, 0.25) is 11.8 Å². The quantitative estimate of drug-likeness (QED) is 0.850. The highest BCUT2D eigenvalue weighted by molar-refractivity contribution is 5.25. The highest BCUT2D eigenvalue weighted by Gasteiger charge is 2.01. The van der Waals surface area contributed by atoms with E-state index in [0.717, 1.165) is 6.54 Å². The third kappa shape index (κ3) is 2.67. The van der Waals surface area contributed by atoms with E-state index in [4.69, 9.17) is 4.42 Å². The van der Waals surface area contributed by atoms with Gasteiger partial charge < -0.3 is 9.73 Å². The number of nitrogens with one attached hydrogen (secondary N) is 1. The molecule has 1 heterocycles. The molecule has 0 saturated heterocycles. The van der Waals surface area contributed by atoms with Gasteiger partial charge in [-0.25, -0.2) is 0 Å². The van der Waals surface area contributed by atoms with E-state index in [-0.39, 0.29) is 0 Å². The number of aryl methyl sites for hydroxylation is 2. The summed E-state index contributed by atoms with van der Waals surface area (Å²) in [7, 11) is 0. The lowest BCUT2D eigenvalue weighted by Crippen LogP contribution is -2.13. The zero-order valence-corrected chi connectivity index (χ0v) is 9.53. The van der Waals surface area contributed by atoms with Gasteiger partial charge in [0.25, 0.3) is 0 Å². The minimum Gasteiger partial charge on any atom is -0.424 e. The Hall–Kier alpha value is -1.68. The monoisotopic (exact) mass is 217 g/mol. The SMILES string of the molecule is Cc1nnc(CNCc2ccccc2C)o1. The minimum absolute atomic E-state index is 0.604. The molecule has 0 bridgehead atoms. The molecule has 1 aromatic heterocycles. The summed E-state index contributed by atoms with van der Waals surface area (Å²) in [5, 5.41) is 11.0. The van der Waals surface area contributed by atoms with Crippen molar-refractivity contribution in [1.82, 2.24) is 15.5 Å². The number of aromatic nitrogens is 2. The van der Waals surface area contributed by atoms with E-state index in [2.05, 4.69) is 34.6 Å². The van der Waals surface area contributed by atoms with Crippen LogP contribution in [0.2, 0.25) is 0 Å². The van der Waals surface area contributed by atoms with E-state index < -0.39 is 0 Å². The predicted molar refractivity (Wildman–Crippen MR) is 60.8 cm³/mol. The Labute approximate surface area is 94.7 Å². The molecule has 4 heteroatoms. The Balaban J connectivity index is 1.87. The summed E-state index contributed by atoms with van der Waals surface area (Å²) in [4.78, 5) is 0. The van der Waals surface area contributed by atoms with Crippen LogP contribution in [0.4, 0.5) is 0 Å². The summed E-state index contributed by atoms with van der Waals surface area (Å²) in [6.45, 7) is 5.31. The van der Waals surface area contributed by atoms with Gasteiger partial charge in [-0.3, -0.25) is 0 Å². The lowest BCUT2D eigenvalue weighted by Gasteiger charge is -2.05. The molecule has 1 aromatic carbocycles. The Morgan fingerprint density at radius 1 is 1.12 bits per heavy atom. The van der Waals surface area contributed by atoms with Gasteiger partial charge >= 0.3 is 0 Å². The van der Waals surface area contributed by atoms with Gasteiger partial charge in [-0.15, -0.1) is 10.2 Å². The molecule has 0 radical (unpaired) electrons. The Kier molecular flexibility index (Phi) is 3.31. The first-order valence-corrected chi connectivity index (χ1v) is 5.30. The molecule has 0 spiro atoms. The number of benzene rings is 1. The largest absolute Gasteiger partial charge is 0.424 e. The number of rotatable bonds is 4. The fourth-order valence-corrected chi connectivity index (χ4v) is 1.52. The molecule has 0 unspecified atom stereocenters. The Morgan fingerprint density at radius 2 is 1.94 bits per heavy atom. The van der Waals surface area contributed by atoms with Gasteiger partial charge in [-0.1, -0.05) is 24.3 Å².